The van der Waals surface area contributed by atoms with Gasteiger partial charge in [-0.05, 0) is 12.3 Å². The first-order valence-corrected chi connectivity index (χ1v) is 3.04. The molecule has 0 fully saturated rings. The summed E-state index contributed by atoms with van der Waals surface area (Å²) in [6.45, 7) is 7.30. The molecule has 1 unspecified atom stereocenters. The van der Waals surface area contributed by atoms with Crippen molar-refractivity contribution in [1.29, 1.82) is 0 Å². The minimum absolute atomic E-state index is 0.0619. The lowest BCUT2D eigenvalue weighted by atomic mass is 10.1. The summed E-state index contributed by atoms with van der Waals surface area (Å²) in [6, 6.07) is 0. The summed E-state index contributed by atoms with van der Waals surface area (Å²) in [5.74, 6) is 0.229. The molecule has 0 saturated carbocycles. The largest absolute Gasteiger partial charge is 0.876 e. The Morgan fingerprint density at radius 2 is 2.25 bits per heavy atom. The average Bonchev–Trinajstić information content (AvgIpc) is 1.67. The molecule has 0 saturated heterocycles. The molecule has 1 nitrogen and oxygen atoms in total. The lowest BCUT2D eigenvalue weighted by Crippen LogP contribution is -2.10. The topological polar surface area (TPSA) is 23.1 Å². The minimum atomic E-state index is 0.0619. The summed E-state index contributed by atoms with van der Waals surface area (Å²) in [7, 11) is 0. The van der Waals surface area contributed by atoms with E-state index in [2.05, 4.69) is 13.5 Å². The molecule has 8 heavy (non-hydrogen) atoms. The van der Waals surface area contributed by atoms with Crippen LogP contribution < -0.4 is 5.11 Å². The third kappa shape index (κ3) is 2.67. The van der Waals surface area contributed by atoms with E-state index in [-0.39, 0.29) is 11.7 Å². The monoisotopic (exact) mass is 113 g/mol. The van der Waals surface area contributed by atoms with Crippen molar-refractivity contribution in [2.75, 3.05) is 0 Å². The molecule has 0 heterocycles. The first-order valence-electron chi connectivity index (χ1n) is 3.04. The average molecular weight is 113 g/mol. The molecule has 1 atom stereocenters. The Balaban J connectivity index is 3.32. The summed E-state index contributed by atoms with van der Waals surface area (Å²) < 4.78 is 0. The van der Waals surface area contributed by atoms with Crippen molar-refractivity contribution >= 4 is 0 Å². The predicted octanol–water partition coefficient (Wildman–Crippen LogP) is 1.30. The van der Waals surface area contributed by atoms with Gasteiger partial charge in [-0.1, -0.05) is 20.3 Å². The van der Waals surface area contributed by atoms with Crippen molar-refractivity contribution in [3.63, 3.8) is 0 Å². The Kier molecular flexibility index (Phi) is 3.33. The van der Waals surface area contributed by atoms with E-state index in [0.29, 0.717) is 0 Å². The van der Waals surface area contributed by atoms with Crippen LogP contribution in [0.3, 0.4) is 0 Å². The van der Waals surface area contributed by atoms with Crippen LogP contribution in [0.2, 0.25) is 0 Å². The van der Waals surface area contributed by atoms with Crippen LogP contribution in [-0.4, -0.2) is 0 Å². The van der Waals surface area contributed by atoms with Crippen LogP contribution in [0.1, 0.15) is 26.7 Å². The maximum absolute atomic E-state index is 10.4. The standard InChI is InChI=1S/C7H14O/c1-4-5-6(2)7(3)8/h6,8H,3-5H2,1-2H3/p-1. The van der Waals surface area contributed by atoms with E-state index in [1.54, 1.807) is 0 Å². The van der Waals surface area contributed by atoms with Crippen molar-refractivity contribution in [3.8, 4) is 0 Å². The van der Waals surface area contributed by atoms with Gasteiger partial charge in [-0.15, -0.1) is 12.3 Å². The normalized spacial score (nSPS) is 13.2. The van der Waals surface area contributed by atoms with E-state index < -0.39 is 0 Å². The maximum atomic E-state index is 10.4. The van der Waals surface area contributed by atoms with E-state index in [0.717, 1.165) is 12.8 Å². The zero-order valence-corrected chi connectivity index (χ0v) is 5.61. The predicted molar refractivity (Wildman–Crippen MR) is 33.2 cm³/mol. The zero-order chi connectivity index (χ0) is 6.57. The van der Waals surface area contributed by atoms with Gasteiger partial charge < -0.3 is 5.11 Å². The van der Waals surface area contributed by atoms with Crippen LogP contribution in [0.15, 0.2) is 12.3 Å². The Morgan fingerprint density at radius 3 is 2.38 bits per heavy atom. The molecule has 0 aliphatic heterocycles. The summed E-state index contributed by atoms with van der Waals surface area (Å²) in [5.41, 5.74) is 0. The highest BCUT2D eigenvalue weighted by Crippen LogP contribution is 2.08. The van der Waals surface area contributed by atoms with E-state index in [4.69, 9.17) is 0 Å². The van der Waals surface area contributed by atoms with Gasteiger partial charge in [-0.25, -0.2) is 0 Å². The van der Waals surface area contributed by atoms with E-state index in [1.165, 1.54) is 0 Å². The zero-order valence-electron chi connectivity index (χ0n) is 5.61. The Morgan fingerprint density at radius 1 is 1.75 bits per heavy atom. The van der Waals surface area contributed by atoms with E-state index in [9.17, 15) is 5.11 Å². The molecular weight excluding hydrogens is 100 g/mol. The molecule has 48 valence electrons. The van der Waals surface area contributed by atoms with Crippen molar-refractivity contribution in [3.05, 3.63) is 12.3 Å². The number of hydrogen-bond acceptors (Lipinski definition) is 1. The third-order valence-electron chi connectivity index (χ3n) is 1.27. The highest BCUT2D eigenvalue weighted by Gasteiger charge is 1.93. The molecule has 0 aliphatic carbocycles. The fraction of sp³-hybridized carbons (Fsp3) is 0.714. The van der Waals surface area contributed by atoms with E-state index >= 15 is 0 Å². The van der Waals surface area contributed by atoms with Crippen molar-refractivity contribution in [1.82, 2.24) is 0 Å². The molecule has 0 aromatic rings. The van der Waals surface area contributed by atoms with Gasteiger partial charge in [0, 0.05) is 0 Å². The minimum Gasteiger partial charge on any atom is -0.876 e. The van der Waals surface area contributed by atoms with Gasteiger partial charge in [0.15, 0.2) is 0 Å². The molecule has 0 amide bonds. The molecular formula is C7H13O-. The van der Waals surface area contributed by atoms with Crippen molar-refractivity contribution in [2.24, 2.45) is 5.92 Å². The molecule has 0 aromatic carbocycles. The Bertz CT molecular complexity index is 76.5. The second kappa shape index (κ2) is 3.53. The first kappa shape index (κ1) is 7.54. The lowest BCUT2D eigenvalue weighted by molar-refractivity contribution is -0.313. The van der Waals surface area contributed by atoms with Crippen molar-refractivity contribution < 1.29 is 5.11 Å². The molecule has 0 rings (SSSR count). The highest BCUT2D eigenvalue weighted by molar-refractivity contribution is 4.82. The number of rotatable bonds is 3. The number of allylic oxidation sites excluding steroid dienone is 1. The molecule has 0 bridgehead atoms. The number of hydrogen-bond donors (Lipinski definition) is 0. The fourth-order valence-corrected chi connectivity index (χ4v) is 0.594. The van der Waals surface area contributed by atoms with Crippen LogP contribution >= 0.6 is 0 Å². The second-order valence-electron chi connectivity index (χ2n) is 2.16. The van der Waals surface area contributed by atoms with Gasteiger partial charge in [0.25, 0.3) is 0 Å². The van der Waals surface area contributed by atoms with Gasteiger partial charge in [0.1, 0.15) is 0 Å². The van der Waals surface area contributed by atoms with Gasteiger partial charge in [-0.2, -0.15) is 0 Å². The van der Waals surface area contributed by atoms with Gasteiger partial charge in [0.2, 0.25) is 0 Å². The van der Waals surface area contributed by atoms with E-state index in [1.807, 2.05) is 6.92 Å². The lowest BCUT2D eigenvalue weighted by Gasteiger charge is -2.16. The summed E-state index contributed by atoms with van der Waals surface area (Å²) in [6.07, 6.45) is 2.05. The fourth-order valence-electron chi connectivity index (χ4n) is 0.594. The smallest absolute Gasteiger partial charge is 0.0340 e. The summed E-state index contributed by atoms with van der Waals surface area (Å²) in [4.78, 5) is 0. The molecule has 0 spiro atoms. The van der Waals surface area contributed by atoms with Crippen LogP contribution in [0.5, 0.6) is 0 Å². The summed E-state index contributed by atoms with van der Waals surface area (Å²) in [5, 5.41) is 10.4. The molecule has 0 aromatic heterocycles. The quantitative estimate of drug-likeness (QED) is 0.506. The van der Waals surface area contributed by atoms with Gasteiger partial charge in [-0.3, -0.25) is 0 Å². The molecule has 0 radical (unpaired) electrons. The molecule has 0 N–H and O–H groups in total. The second-order valence-corrected chi connectivity index (χ2v) is 2.16. The van der Waals surface area contributed by atoms with Crippen LogP contribution in [-0.2, 0) is 0 Å². The van der Waals surface area contributed by atoms with Crippen molar-refractivity contribution in [2.45, 2.75) is 26.7 Å². The first-order chi connectivity index (χ1) is 3.68. The molecule has 1 heteroatoms. The third-order valence-corrected chi connectivity index (χ3v) is 1.27. The maximum Gasteiger partial charge on any atom is -0.0340 e. The van der Waals surface area contributed by atoms with Crippen LogP contribution in [0.4, 0.5) is 0 Å². The SMILES string of the molecule is C=C([O-])C(C)CCC. The molecule has 0 aliphatic rings. The Labute approximate surface area is 51.0 Å². The summed E-state index contributed by atoms with van der Waals surface area (Å²) >= 11 is 0. The van der Waals surface area contributed by atoms with Gasteiger partial charge in [0.05, 0.1) is 0 Å². The highest BCUT2D eigenvalue weighted by atomic mass is 16.3. The van der Waals surface area contributed by atoms with Crippen LogP contribution in [0, 0.1) is 5.92 Å². The van der Waals surface area contributed by atoms with Crippen LogP contribution in [0.25, 0.3) is 0 Å². The van der Waals surface area contributed by atoms with Gasteiger partial charge >= 0.3 is 0 Å². The Hall–Kier alpha value is -0.460.